The van der Waals surface area contributed by atoms with E-state index >= 15 is 0 Å². The molecule has 1 saturated carbocycles. The van der Waals surface area contributed by atoms with Crippen molar-refractivity contribution in [2.45, 2.75) is 36.9 Å². The van der Waals surface area contributed by atoms with E-state index in [2.05, 4.69) is 9.72 Å². The summed E-state index contributed by atoms with van der Waals surface area (Å²) in [5.41, 5.74) is 0.111. The number of rotatable bonds is 14. The molecule has 0 spiro atoms. The van der Waals surface area contributed by atoms with Crippen molar-refractivity contribution in [1.82, 2.24) is 4.98 Å². The second-order valence-corrected chi connectivity index (χ2v) is 10.9. The van der Waals surface area contributed by atoms with Crippen LogP contribution in [0.2, 0.25) is 10.0 Å². The van der Waals surface area contributed by atoms with Crippen molar-refractivity contribution in [2.75, 3.05) is 26.6 Å². The number of pyridine rings is 1. The SMILES string of the molecule is COc1ccc(SCC(=O)OC(Cc2c(Cl)c[nH]c(=O)c2Cl)c2ccc(OC(F)F)c(OCC3CC3)c2)cc1OC. The van der Waals surface area contributed by atoms with Crippen LogP contribution in [0.15, 0.2) is 52.3 Å². The summed E-state index contributed by atoms with van der Waals surface area (Å²) < 4.78 is 52.9. The van der Waals surface area contributed by atoms with Crippen molar-refractivity contribution in [3.63, 3.8) is 0 Å². The highest BCUT2D eigenvalue weighted by molar-refractivity contribution is 8.00. The van der Waals surface area contributed by atoms with Gasteiger partial charge in [-0.1, -0.05) is 29.3 Å². The quantitative estimate of drug-likeness (QED) is 0.155. The number of alkyl halides is 2. The Kier molecular flexibility index (Phi) is 10.6. The van der Waals surface area contributed by atoms with Crippen LogP contribution in [0.5, 0.6) is 23.0 Å². The molecule has 0 amide bonds. The van der Waals surface area contributed by atoms with Crippen LogP contribution in [-0.2, 0) is 16.0 Å². The highest BCUT2D eigenvalue weighted by Gasteiger charge is 2.26. The van der Waals surface area contributed by atoms with Gasteiger partial charge < -0.3 is 28.7 Å². The lowest BCUT2D eigenvalue weighted by atomic mass is 10.0. The Hall–Kier alpha value is -3.15. The molecular formula is C28H27Cl2F2NO7S. The minimum absolute atomic E-state index is 0.0640. The summed E-state index contributed by atoms with van der Waals surface area (Å²) >= 11 is 13.8. The number of ether oxygens (including phenoxy) is 5. The number of aromatic nitrogens is 1. The molecule has 41 heavy (non-hydrogen) atoms. The molecule has 1 aliphatic rings. The zero-order chi connectivity index (χ0) is 29.5. The molecule has 1 aliphatic carbocycles. The third kappa shape index (κ3) is 8.43. The number of carbonyl (C=O) groups is 1. The van der Waals surface area contributed by atoms with Crippen molar-refractivity contribution in [3.05, 3.63) is 74.1 Å². The highest BCUT2D eigenvalue weighted by atomic mass is 35.5. The van der Waals surface area contributed by atoms with Gasteiger partial charge >= 0.3 is 12.6 Å². The Bertz CT molecular complexity index is 1440. The monoisotopic (exact) mass is 629 g/mol. The first kappa shape index (κ1) is 30.8. The summed E-state index contributed by atoms with van der Waals surface area (Å²) in [4.78, 5) is 28.4. The summed E-state index contributed by atoms with van der Waals surface area (Å²) in [5, 5.41) is 0.0133. The fourth-order valence-electron chi connectivity index (χ4n) is 3.89. The molecule has 1 unspecified atom stereocenters. The summed E-state index contributed by atoms with van der Waals surface area (Å²) in [5.74, 6) is 0.677. The fourth-order valence-corrected chi connectivity index (χ4v) is 5.10. The summed E-state index contributed by atoms with van der Waals surface area (Å²) in [7, 11) is 3.03. The number of halogens is 4. The molecule has 1 heterocycles. The minimum Gasteiger partial charge on any atom is -0.493 e. The number of methoxy groups -OCH3 is 2. The number of benzene rings is 2. The van der Waals surface area contributed by atoms with Gasteiger partial charge in [0.15, 0.2) is 23.0 Å². The number of carbonyl (C=O) groups excluding carboxylic acids is 1. The van der Waals surface area contributed by atoms with E-state index in [1.165, 1.54) is 50.4 Å². The lowest BCUT2D eigenvalue weighted by Crippen LogP contribution is -2.18. The van der Waals surface area contributed by atoms with E-state index in [1.54, 1.807) is 18.2 Å². The van der Waals surface area contributed by atoms with Gasteiger partial charge in [0, 0.05) is 23.1 Å². The molecule has 8 nitrogen and oxygen atoms in total. The maximum absolute atomic E-state index is 13.0. The van der Waals surface area contributed by atoms with Crippen LogP contribution in [-0.4, -0.2) is 44.1 Å². The molecule has 13 heteroatoms. The van der Waals surface area contributed by atoms with Crippen molar-refractivity contribution in [2.24, 2.45) is 5.92 Å². The van der Waals surface area contributed by atoms with E-state index in [4.69, 9.17) is 42.1 Å². The van der Waals surface area contributed by atoms with E-state index in [0.29, 0.717) is 29.6 Å². The molecule has 3 aromatic rings. The van der Waals surface area contributed by atoms with Crippen LogP contribution >= 0.6 is 35.0 Å². The van der Waals surface area contributed by atoms with E-state index < -0.39 is 24.2 Å². The summed E-state index contributed by atoms with van der Waals surface area (Å²) in [6.07, 6.45) is 2.21. The zero-order valence-electron chi connectivity index (χ0n) is 22.1. The summed E-state index contributed by atoms with van der Waals surface area (Å²) in [6.45, 7) is -2.72. The predicted molar refractivity (Wildman–Crippen MR) is 151 cm³/mol. The second kappa shape index (κ2) is 14.2. The van der Waals surface area contributed by atoms with Gasteiger partial charge in [0.1, 0.15) is 11.1 Å². The van der Waals surface area contributed by atoms with E-state index in [0.717, 1.165) is 17.7 Å². The van der Waals surface area contributed by atoms with Crippen LogP contribution in [0.3, 0.4) is 0 Å². The number of hydrogen-bond donors (Lipinski definition) is 1. The predicted octanol–water partition coefficient (Wildman–Crippen LogP) is 6.71. The van der Waals surface area contributed by atoms with Gasteiger partial charge in [0.2, 0.25) is 0 Å². The Morgan fingerprint density at radius 1 is 1.05 bits per heavy atom. The number of H-pyrrole nitrogens is 1. The topological polar surface area (TPSA) is 96.1 Å². The molecule has 1 atom stereocenters. The molecule has 0 bridgehead atoms. The average molecular weight is 630 g/mol. The van der Waals surface area contributed by atoms with Gasteiger partial charge in [-0.05, 0) is 54.7 Å². The molecule has 0 saturated heterocycles. The Morgan fingerprint density at radius 3 is 2.46 bits per heavy atom. The Morgan fingerprint density at radius 2 is 1.78 bits per heavy atom. The first-order valence-electron chi connectivity index (χ1n) is 12.5. The molecule has 0 radical (unpaired) electrons. The van der Waals surface area contributed by atoms with Crippen LogP contribution < -0.4 is 24.5 Å². The van der Waals surface area contributed by atoms with Crippen molar-refractivity contribution >= 4 is 40.9 Å². The molecule has 4 rings (SSSR count). The third-order valence-corrected chi connectivity index (χ3v) is 7.89. The second-order valence-electron chi connectivity index (χ2n) is 9.09. The maximum Gasteiger partial charge on any atom is 0.387 e. The Labute approximate surface area is 249 Å². The normalized spacial score (nSPS) is 13.5. The smallest absolute Gasteiger partial charge is 0.387 e. The Balaban J connectivity index is 1.59. The average Bonchev–Trinajstić information content (AvgIpc) is 3.79. The number of esters is 1. The van der Waals surface area contributed by atoms with Gasteiger partial charge in [-0.25, -0.2) is 0 Å². The van der Waals surface area contributed by atoms with Crippen molar-refractivity contribution in [3.8, 4) is 23.0 Å². The molecular weight excluding hydrogens is 603 g/mol. The zero-order valence-corrected chi connectivity index (χ0v) is 24.4. The third-order valence-electron chi connectivity index (χ3n) is 6.18. The standard InChI is InChI=1S/C28H27Cl2F2NO7S/c1-36-20-8-6-17(10-23(20)37-2)41-14-25(34)39-22(11-18-19(29)12-33-27(35)26(18)30)16-5-7-21(40-28(31)32)24(9-16)38-13-15-3-4-15/h5-10,12,15,22,28H,3-4,11,13-14H2,1-2H3,(H,33,35). The minimum atomic E-state index is -3.06. The van der Waals surface area contributed by atoms with Gasteiger partial charge in [0.25, 0.3) is 5.56 Å². The number of nitrogens with one attached hydrogen (secondary N) is 1. The van der Waals surface area contributed by atoms with Crippen LogP contribution in [0.1, 0.15) is 30.1 Å². The van der Waals surface area contributed by atoms with Gasteiger partial charge in [0.05, 0.1) is 31.6 Å². The van der Waals surface area contributed by atoms with Gasteiger partial charge in [-0.2, -0.15) is 8.78 Å². The number of thioether (sulfide) groups is 1. The van der Waals surface area contributed by atoms with E-state index in [-0.39, 0.29) is 39.3 Å². The number of aromatic amines is 1. The summed E-state index contributed by atoms with van der Waals surface area (Å²) in [6, 6.07) is 9.51. The first-order valence-corrected chi connectivity index (χ1v) is 14.2. The molecule has 2 aromatic carbocycles. The molecule has 1 fully saturated rings. The molecule has 220 valence electrons. The number of hydrogen-bond acceptors (Lipinski definition) is 8. The molecule has 1 aromatic heterocycles. The fraction of sp³-hybridized carbons (Fsp3) is 0.357. The lowest BCUT2D eigenvalue weighted by Gasteiger charge is -2.21. The molecule has 0 aliphatic heterocycles. The van der Waals surface area contributed by atoms with E-state index in [1.807, 2.05) is 0 Å². The largest absolute Gasteiger partial charge is 0.493 e. The lowest BCUT2D eigenvalue weighted by molar-refractivity contribution is -0.146. The van der Waals surface area contributed by atoms with Crippen molar-refractivity contribution < 1.29 is 37.3 Å². The van der Waals surface area contributed by atoms with Gasteiger partial charge in [-0.15, -0.1) is 11.8 Å². The maximum atomic E-state index is 13.0. The first-order chi connectivity index (χ1) is 19.7. The van der Waals surface area contributed by atoms with Crippen LogP contribution in [0.25, 0.3) is 0 Å². The highest BCUT2D eigenvalue weighted by Crippen LogP contribution is 2.38. The van der Waals surface area contributed by atoms with Crippen LogP contribution in [0, 0.1) is 5.92 Å². The molecule has 1 N–H and O–H groups in total. The van der Waals surface area contributed by atoms with E-state index in [9.17, 15) is 18.4 Å². The van der Waals surface area contributed by atoms with Gasteiger partial charge in [-0.3, -0.25) is 9.59 Å². The van der Waals surface area contributed by atoms with Crippen molar-refractivity contribution in [1.29, 1.82) is 0 Å². The van der Waals surface area contributed by atoms with Crippen LogP contribution in [0.4, 0.5) is 8.78 Å².